The Morgan fingerprint density at radius 3 is 2.50 bits per heavy atom. The van der Waals surface area contributed by atoms with Gasteiger partial charge in [-0.2, -0.15) is 4.31 Å². The highest BCUT2D eigenvalue weighted by molar-refractivity contribution is 7.89. The Labute approximate surface area is 164 Å². The van der Waals surface area contributed by atoms with Crippen LogP contribution in [0.1, 0.15) is 19.3 Å². The number of carbonyl (C=O) groups excluding carboxylic acids is 3. The first-order chi connectivity index (χ1) is 13.2. The van der Waals surface area contributed by atoms with Gasteiger partial charge in [-0.3, -0.25) is 14.4 Å². The number of amides is 2. The van der Waals surface area contributed by atoms with Crippen molar-refractivity contribution in [2.45, 2.75) is 30.2 Å². The average molecular weight is 411 g/mol. The topological polar surface area (TPSA) is 113 Å². The van der Waals surface area contributed by atoms with Gasteiger partial charge in [0.25, 0.3) is 5.91 Å². The molecular formula is C18H25N3O6S. The first-order valence-electron chi connectivity index (χ1n) is 8.94. The van der Waals surface area contributed by atoms with Gasteiger partial charge in [0, 0.05) is 20.6 Å². The van der Waals surface area contributed by atoms with Crippen LogP contribution in [-0.4, -0.2) is 75.2 Å². The molecule has 1 aliphatic rings. The third-order valence-corrected chi connectivity index (χ3v) is 6.28. The molecular weight excluding hydrogens is 386 g/mol. The molecule has 28 heavy (non-hydrogen) atoms. The van der Waals surface area contributed by atoms with Gasteiger partial charge in [0.2, 0.25) is 15.9 Å². The molecule has 1 saturated heterocycles. The van der Waals surface area contributed by atoms with Crippen LogP contribution < -0.4 is 5.32 Å². The number of esters is 1. The summed E-state index contributed by atoms with van der Waals surface area (Å²) >= 11 is 0. The fourth-order valence-electron chi connectivity index (χ4n) is 2.77. The summed E-state index contributed by atoms with van der Waals surface area (Å²) in [6.07, 6.45) is 1.65. The van der Waals surface area contributed by atoms with E-state index in [1.54, 1.807) is 32.3 Å². The molecule has 0 aliphatic carbocycles. The third-order valence-electron chi connectivity index (χ3n) is 4.36. The number of ether oxygens (including phenoxy) is 1. The second-order valence-corrected chi connectivity index (χ2v) is 8.50. The summed E-state index contributed by atoms with van der Waals surface area (Å²) < 4.78 is 31.9. The molecule has 2 amide bonds. The molecule has 9 nitrogen and oxygen atoms in total. The lowest BCUT2D eigenvalue weighted by molar-refractivity contribution is -0.153. The highest BCUT2D eigenvalue weighted by Gasteiger charge is 2.38. The van der Waals surface area contributed by atoms with E-state index in [0.29, 0.717) is 19.3 Å². The Hall–Kier alpha value is -2.46. The zero-order valence-corrected chi connectivity index (χ0v) is 16.8. The number of rotatable bonds is 7. The van der Waals surface area contributed by atoms with Gasteiger partial charge in [-0.1, -0.05) is 18.2 Å². The largest absolute Gasteiger partial charge is 0.454 e. The monoisotopic (exact) mass is 411 g/mol. The van der Waals surface area contributed by atoms with Crippen molar-refractivity contribution in [3.05, 3.63) is 30.3 Å². The van der Waals surface area contributed by atoms with E-state index in [4.69, 9.17) is 4.74 Å². The lowest BCUT2D eigenvalue weighted by atomic mass is 10.1. The molecule has 1 fully saturated rings. The zero-order chi connectivity index (χ0) is 20.7. The Morgan fingerprint density at radius 1 is 1.18 bits per heavy atom. The van der Waals surface area contributed by atoms with Crippen LogP contribution >= 0.6 is 0 Å². The van der Waals surface area contributed by atoms with Gasteiger partial charge in [-0.25, -0.2) is 8.42 Å². The molecule has 1 aliphatic heterocycles. The van der Waals surface area contributed by atoms with Crippen LogP contribution in [0.2, 0.25) is 0 Å². The maximum atomic E-state index is 12.9. The quantitative estimate of drug-likeness (QED) is 0.631. The van der Waals surface area contributed by atoms with E-state index in [1.165, 1.54) is 17.0 Å². The summed E-state index contributed by atoms with van der Waals surface area (Å²) in [5, 5.41) is 2.35. The van der Waals surface area contributed by atoms with Gasteiger partial charge in [0.1, 0.15) is 6.04 Å². The van der Waals surface area contributed by atoms with E-state index in [2.05, 4.69) is 5.32 Å². The summed E-state index contributed by atoms with van der Waals surface area (Å²) in [6.45, 7) is -0.572. The summed E-state index contributed by atoms with van der Waals surface area (Å²) in [7, 11) is -0.734. The smallest absolute Gasteiger partial charge is 0.324 e. The van der Waals surface area contributed by atoms with Crippen molar-refractivity contribution in [2.24, 2.45) is 0 Å². The van der Waals surface area contributed by atoms with Crippen molar-refractivity contribution in [2.75, 3.05) is 33.8 Å². The number of hydrogen-bond acceptors (Lipinski definition) is 6. The number of nitrogens with zero attached hydrogens (tertiary/aromatic N) is 2. The van der Waals surface area contributed by atoms with E-state index in [9.17, 15) is 22.8 Å². The second kappa shape index (κ2) is 9.65. The highest BCUT2D eigenvalue weighted by atomic mass is 32.2. The van der Waals surface area contributed by atoms with Gasteiger partial charge in [0.15, 0.2) is 6.61 Å². The molecule has 0 bridgehead atoms. The first kappa shape index (κ1) is 21.8. The maximum Gasteiger partial charge on any atom is 0.324 e. The lowest BCUT2D eigenvalue weighted by Crippen LogP contribution is -2.49. The molecule has 2 rings (SSSR count). The molecule has 0 aromatic heterocycles. The van der Waals surface area contributed by atoms with Crippen LogP contribution in [0.3, 0.4) is 0 Å². The molecule has 0 unspecified atom stereocenters. The van der Waals surface area contributed by atoms with Crippen molar-refractivity contribution in [3.63, 3.8) is 0 Å². The van der Waals surface area contributed by atoms with Crippen molar-refractivity contribution in [1.82, 2.24) is 14.5 Å². The number of sulfonamides is 1. The molecule has 1 heterocycles. The predicted octanol–water partition coefficient (Wildman–Crippen LogP) is -0.0226. The minimum atomic E-state index is -3.84. The number of likely N-dealkylation sites (N-methyl/N-ethyl adjacent to an activating group) is 1. The molecule has 154 valence electrons. The SMILES string of the molecule is CN(C)C(=O)CNC(=O)COC(=O)[C@@H]1CCCCN1S(=O)(=O)c1ccccc1. The van der Waals surface area contributed by atoms with E-state index < -0.39 is 34.5 Å². The molecule has 1 atom stereocenters. The normalized spacial score (nSPS) is 17.6. The van der Waals surface area contributed by atoms with Crippen molar-refractivity contribution < 1.29 is 27.5 Å². The first-order valence-corrected chi connectivity index (χ1v) is 10.4. The molecule has 0 saturated carbocycles. The molecule has 0 spiro atoms. The number of nitrogens with one attached hydrogen (secondary N) is 1. The Balaban J connectivity index is 1.99. The number of carbonyl (C=O) groups is 3. The second-order valence-electron chi connectivity index (χ2n) is 6.61. The van der Waals surface area contributed by atoms with Gasteiger partial charge in [-0.05, 0) is 31.4 Å². The van der Waals surface area contributed by atoms with Gasteiger partial charge in [0.05, 0.1) is 11.4 Å². The fourth-order valence-corrected chi connectivity index (χ4v) is 4.44. The van der Waals surface area contributed by atoms with Crippen LogP contribution in [0, 0.1) is 0 Å². The van der Waals surface area contributed by atoms with Crippen molar-refractivity contribution >= 4 is 27.8 Å². The van der Waals surface area contributed by atoms with Gasteiger partial charge < -0.3 is 15.0 Å². The molecule has 1 aromatic carbocycles. The predicted molar refractivity (Wildman–Crippen MR) is 101 cm³/mol. The number of piperidine rings is 1. The van der Waals surface area contributed by atoms with E-state index in [0.717, 1.165) is 4.31 Å². The van der Waals surface area contributed by atoms with Gasteiger partial charge in [-0.15, -0.1) is 0 Å². The third kappa shape index (κ3) is 5.52. The highest BCUT2D eigenvalue weighted by Crippen LogP contribution is 2.26. The van der Waals surface area contributed by atoms with Crippen molar-refractivity contribution in [3.8, 4) is 0 Å². The Kier molecular flexibility index (Phi) is 7.53. The van der Waals surface area contributed by atoms with Crippen LogP contribution in [0.15, 0.2) is 35.2 Å². The van der Waals surface area contributed by atoms with Gasteiger partial charge >= 0.3 is 5.97 Å². The summed E-state index contributed by atoms with van der Waals surface area (Å²) in [6, 6.07) is 6.91. The fraction of sp³-hybridized carbons (Fsp3) is 0.500. The zero-order valence-electron chi connectivity index (χ0n) is 16.0. The summed E-state index contributed by atoms with van der Waals surface area (Å²) in [5.41, 5.74) is 0. The van der Waals surface area contributed by atoms with Crippen LogP contribution in [0.5, 0.6) is 0 Å². The summed E-state index contributed by atoms with van der Waals surface area (Å²) in [5.74, 6) is -1.70. The molecule has 10 heteroatoms. The van der Waals surface area contributed by atoms with Crippen LogP contribution in [0.25, 0.3) is 0 Å². The Bertz CT molecular complexity index is 810. The molecule has 1 aromatic rings. The maximum absolute atomic E-state index is 12.9. The minimum absolute atomic E-state index is 0.106. The van der Waals surface area contributed by atoms with E-state index in [1.807, 2.05) is 0 Å². The van der Waals surface area contributed by atoms with Crippen LogP contribution in [-0.2, 0) is 29.1 Å². The van der Waals surface area contributed by atoms with E-state index >= 15 is 0 Å². The number of benzene rings is 1. The molecule has 1 N–H and O–H groups in total. The summed E-state index contributed by atoms with van der Waals surface area (Å²) in [4.78, 5) is 37.1. The molecule has 0 radical (unpaired) electrons. The standard InChI is InChI=1S/C18H25N3O6S/c1-20(2)17(23)12-19-16(22)13-27-18(24)15-10-6-7-11-21(15)28(25,26)14-8-4-3-5-9-14/h3-5,8-9,15H,6-7,10-13H2,1-2H3,(H,19,22)/t15-/m0/s1. The van der Waals surface area contributed by atoms with Crippen LogP contribution in [0.4, 0.5) is 0 Å². The average Bonchev–Trinajstić information content (AvgIpc) is 2.70. The minimum Gasteiger partial charge on any atom is -0.454 e. The van der Waals surface area contributed by atoms with E-state index in [-0.39, 0.29) is 23.9 Å². The lowest BCUT2D eigenvalue weighted by Gasteiger charge is -2.32. The number of hydrogen-bond donors (Lipinski definition) is 1. The Morgan fingerprint density at radius 2 is 1.86 bits per heavy atom. The van der Waals surface area contributed by atoms with Crippen molar-refractivity contribution in [1.29, 1.82) is 0 Å².